The molecule has 150 valence electrons. The van der Waals surface area contributed by atoms with Gasteiger partial charge >= 0.3 is 0 Å². The lowest BCUT2D eigenvalue weighted by Gasteiger charge is -2.28. The molecule has 1 fully saturated rings. The Morgan fingerprint density at radius 1 is 1.07 bits per heavy atom. The Bertz CT molecular complexity index is 958. The highest BCUT2D eigenvalue weighted by Crippen LogP contribution is 2.39. The zero-order chi connectivity index (χ0) is 20.2. The Balaban J connectivity index is 1.76. The Hall–Kier alpha value is -2.90. The molecule has 0 bridgehead atoms. The average molecular weight is 409 g/mol. The van der Waals surface area contributed by atoms with Crippen LogP contribution in [0.2, 0.25) is 0 Å². The van der Waals surface area contributed by atoms with E-state index in [0.29, 0.717) is 18.3 Å². The van der Waals surface area contributed by atoms with Crippen molar-refractivity contribution in [2.24, 2.45) is 0 Å². The lowest BCUT2D eigenvalue weighted by Crippen LogP contribution is -2.33. The summed E-state index contributed by atoms with van der Waals surface area (Å²) in [5, 5.41) is 4.18. The van der Waals surface area contributed by atoms with E-state index in [1.165, 1.54) is 0 Å². The number of methoxy groups -OCH3 is 2. The van der Waals surface area contributed by atoms with Crippen molar-refractivity contribution >= 4 is 17.3 Å². The second kappa shape index (κ2) is 8.63. The molecule has 0 aliphatic carbocycles. The molecule has 1 aliphatic rings. The number of rotatable bonds is 7. The molecule has 3 aromatic rings. The molecule has 0 amide bonds. The number of ether oxygens (including phenoxy) is 2. The highest BCUT2D eigenvalue weighted by Gasteiger charge is 2.40. The van der Waals surface area contributed by atoms with E-state index in [4.69, 9.17) is 21.7 Å². The molecule has 0 unspecified atom stereocenters. The first kappa shape index (κ1) is 19.4. The molecule has 0 saturated carbocycles. The van der Waals surface area contributed by atoms with Gasteiger partial charge in [0.2, 0.25) is 0 Å². The number of aromatic nitrogens is 2. The quantitative estimate of drug-likeness (QED) is 0.604. The minimum Gasteiger partial charge on any atom is -0.497 e. The van der Waals surface area contributed by atoms with E-state index in [2.05, 4.69) is 50.2 Å². The standard InChI is InChI=1S/C22H24N4O2S/c1-27-15-14-26-21(20(24-22(26)29)18-6-3-4-12-23-18)19-7-5-13-25(19)16-8-10-17(28-2)11-9-16/h3-13,20-21H,14-15H2,1-2H3,(H,24,29)/t20-,21-/m1/s1. The third-order valence-corrected chi connectivity index (χ3v) is 5.52. The molecule has 1 saturated heterocycles. The molecule has 1 N–H and O–H groups in total. The number of thiocarbonyl (C=S) groups is 1. The summed E-state index contributed by atoms with van der Waals surface area (Å²) in [7, 11) is 3.38. The molecule has 1 aliphatic heterocycles. The van der Waals surface area contributed by atoms with Gasteiger partial charge in [-0.15, -0.1) is 0 Å². The molecule has 3 heterocycles. The van der Waals surface area contributed by atoms with Gasteiger partial charge in [-0.3, -0.25) is 4.98 Å². The van der Waals surface area contributed by atoms with Crippen LogP contribution in [-0.2, 0) is 4.74 Å². The van der Waals surface area contributed by atoms with Gasteiger partial charge in [0, 0.05) is 37.4 Å². The third kappa shape index (κ3) is 3.83. The van der Waals surface area contributed by atoms with Gasteiger partial charge in [-0.1, -0.05) is 6.07 Å². The molecule has 1 aromatic carbocycles. The highest BCUT2D eigenvalue weighted by atomic mass is 32.1. The zero-order valence-corrected chi connectivity index (χ0v) is 17.3. The maximum Gasteiger partial charge on any atom is 0.170 e. The summed E-state index contributed by atoms with van der Waals surface area (Å²) in [4.78, 5) is 6.78. The molecule has 0 spiro atoms. The number of benzene rings is 1. The van der Waals surface area contributed by atoms with Gasteiger partial charge in [-0.2, -0.15) is 0 Å². The number of nitrogens with one attached hydrogen (secondary N) is 1. The molecule has 6 nitrogen and oxygen atoms in total. The van der Waals surface area contributed by atoms with Crippen molar-refractivity contribution < 1.29 is 9.47 Å². The van der Waals surface area contributed by atoms with Gasteiger partial charge < -0.3 is 24.3 Å². The van der Waals surface area contributed by atoms with Crippen molar-refractivity contribution in [3.8, 4) is 11.4 Å². The third-order valence-electron chi connectivity index (χ3n) is 5.17. The molecule has 7 heteroatoms. The number of pyridine rings is 1. The summed E-state index contributed by atoms with van der Waals surface area (Å²) < 4.78 is 12.8. The van der Waals surface area contributed by atoms with Crippen LogP contribution in [0.25, 0.3) is 5.69 Å². The number of nitrogens with zero attached hydrogens (tertiary/aromatic N) is 3. The summed E-state index contributed by atoms with van der Waals surface area (Å²) in [5.41, 5.74) is 3.16. The monoisotopic (exact) mass is 408 g/mol. The fourth-order valence-electron chi connectivity index (χ4n) is 3.77. The summed E-state index contributed by atoms with van der Waals surface area (Å²) >= 11 is 5.68. The van der Waals surface area contributed by atoms with Crippen LogP contribution in [-0.4, -0.2) is 46.9 Å². The van der Waals surface area contributed by atoms with Gasteiger partial charge in [-0.25, -0.2) is 0 Å². The minimum absolute atomic E-state index is 0.00958. The van der Waals surface area contributed by atoms with Crippen molar-refractivity contribution in [3.05, 3.63) is 78.4 Å². The van der Waals surface area contributed by atoms with E-state index in [1.54, 1.807) is 14.2 Å². The zero-order valence-electron chi connectivity index (χ0n) is 16.5. The second-order valence-corrected chi connectivity index (χ2v) is 7.20. The van der Waals surface area contributed by atoms with Gasteiger partial charge in [0.1, 0.15) is 5.75 Å². The van der Waals surface area contributed by atoms with Crippen molar-refractivity contribution in [1.82, 2.24) is 19.8 Å². The van der Waals surface area contributed by atoms with Crippen LogP contribution in [0, 0.1) is 0 Å². The van der Waals surface area contributed by atoms with Crippen LogP contribution < -0.4 is 10.1 Å². The van der Waals surface area contributed by atoms with Gasteiger partial charge in [0.15, 0.2) is 5.11 Å². The molecule has 4 rings (SSSR count). The fourth-order valence-corrected chi connectivity index (χ4v) is 4.10. The van der Waals surface area contributed by atoms with Crippen molar-refractivity contribution in [2.75, 3.05) is 27.4 Å². The Labute approximate surface area is 176 Å². The normalized spacial score (nSPS) is 18.7. The van der Waals surface area contributed by atoms with Gasteiger partial charge in [0.25, 0.3) is 0 Å². The molecule has 0 radical (unpaired) electrons. The largest absolute Gasteiger partial charge is 0.497 e. The van der Waals surface area contributed by atoms with E-state index in [-0.39, 0.29) is 12.1 Å². The first-order valence-electron chi connectivity index (χ1n) is 9.51. The van der Waals surface area contributed by atoms with Crippen molar-refractivity contribution in [2.45, 2.75) is 12.1 Å². The number of hydrogen-bond donors (Lipinski definition) is 1. The Morgan fingerprint density at radius 3 is 2.59 bits per heavy atom. The SMILES string of the molecule is COCCN1C(=S)N[C@H](c2ccccn2)[C@H]1c1cccn1-c1ccc(OC)cc1. The smallest absolute Gasteiger partial charge is 0.170 e. The van der Waals surface area contributed by atoms with Crippen molar-refractivity contribution in [3.63, 3.8) is 0 Å². The van der Waals surface area contributed by atoms with E-state index in [0.717, 1.165) is 22.8 Å². The van der Waals surface area contributed by atoms with Crippen LogP contribution in [0.3, 0.4) is 0 Å². The van der Waals surface area contributed by atoms with Crippen LogP contribution >= 0.6 is 12.2 Å². The first-order valence-corrected chi connectivity index (χ1v) is 9.92. The van der Waals surface area contributed by atoms with E-state index in [9.17, 15) is 0 Å². The van der Waals surface area contributed by atoms with Crippen LogP contribution in [0.4, 0.5) is 0 Å². The first-order chi connectivity index (χ1) is 14.2. The van der Waals surface area contributed by atoms with E-state index >= 15 is 0 Å². The maximum absolute atomic E-state index is 5.68. The lowest BCUT2D eigenvalue weighted by atomic mass is 10.0. The Kier molecular flexibility index (Phi) is 5.78. The van der Waals surface area contributed by atoms with Crippen LogP contribution in [0.1, 0.15) is 23.5 Å². The summed E-state index contributed by atoms with van der Waals surface area (Å²) in [6.45, 7) is 1.29. The lowest BCUT2D eigenvalue weighted by molar-refractivity contribution is 0.163. The van der Waals surface area contributed by atoms with Crippen LogP contribution in [0.5, 0.6) is 5.75 Å². The van der Waals surface area contributed by atoms with Crippen LogP contribution in [0.15, 0.2) is 67.0 Å². The number of hydrogen-bond acceptors (Lipinski definition) is 4. The minimum atomic E-state index is -0.0487. The molecule has 2 aromatic heterocycles. The predicted octanol–water partition coefficient (Wildman–Crippen LogP) is 3.50. The van der Waals surface area contributed by atoms with E-state index < -0.39 is 0 Å². The summed E-state index contributed by atoms with van der Waals surface area (Å²) in [5.74, 6) is 0.833. The fraction of sp³-hybridized carbons (Fsp3) is 0.273. The average Bonchev–Trinajstić information content (AvgIpc) is 3.37. The molecule has 2 atom stereocenters. The van der Waals surface area contributed by atoms with Crippen molar-refractivity contribution in [1.29, 1.82) is 0 Å². The summed E-state index contributed by atoms with van der Waals surface area (Å²) in [6, 6.07) is 18.1. The molecular formula is C22H24N4O2S. The summed E-state index contributed by atoms with van der Waals surface area (Å²) in [6.07, 6.45) is 3.89. The van der Waals surface area contributed by atoms with Gasteiger partial charge in [-0.05, 0) is 60.7 Å². The van der Waals surface area contributed by atoms with E-state index in [1.807, 2.05) is 36.5 Å². The maximum atomic E-state index is 5.68. The molecular weight excluding hydrogens is 384 g/mol. The highest BCUT2D eigenvalue weighted by molar-refractivity contribution is 7.80. The predicted molar refractivity (Wildman–Crippen MR) is 116 cm³/mol. The topological polar surface area (TPSA) is 51.5 Å². The Morgan fingerprint density at radius 2 is 1.90 bits per heavy atom. The second-order valence-electron chi connectivity index (χ2n) is 6.81. The van der Waals surface area contributed by atoms with Gasteiger partial charge in [0.05, 0.1) is 31.5 Å². The molecule has 29 heavy (non-hydrogen) atoms.